The van der Waals surface area contributed by atoms with Crippen molar-refractivity contribution < 1.29 is 19.4 Å². The lowest BCUT2D eigenvalue weighted by atomic mass is 10.1. The molecule has 0 fully saturated rings. The Bertz CT molecular complexity index is 740. The normalized spacial score (nSPS) is 10.0. The van der Waals surface area contributed by atoms with E-state index in [0.29, 0.717) is 12.2 Å². The predicted octanol–water partition coefficient (Wildman–Crippen LogP) is 3.08. The summed E-state index contributed by atoms with van der Waals surface area (Å²) in [5.41, 5.74) is 1.54. The second kappa shape index (κ2) is 7.97. The number of esters is 1. The van der Waals surface area contributed by atoms with Gasteiger partial charge in [0.05, 0.1) is 0 Å². The molecule has 0 atom stereocenters. The molecule has 0 heterocycles. The van der Waals surface area contributed by atoms with Gasteiger partial charge in [0, 0.05) is 12.2 Å². The molecule has 2 aromatic rings. The third-order valence-electron chi connectivity index (χ3n) is 3.38. The Morgan fingerprint density at radius 1 is 1.21 bits per heavy atom. The molecule has 0 aromatic heterocycles. The molecule has 0 saturated heterocycles. The molecular weight excluding hydrogens is 306 g/mol. The number of anilines is 1. The van der Waals surface area contributed by atoms with Crippen molar-refractivity contribution in [3.05, 3.63) is 72.3 Å². The number of benzene rings is 2. The van der Waals surface area contributed by atoms with Crippen LogP contribution in [0, 0.1) is 6.92 Å². The number of carbonyl (C=O) groups excluding carboxylic acids is 2. The van der Waals surface area contributed by atoms with Crippen LogP contribution >= 0.6 is 0 Å². The second-order valence-electron chi connectivity index (χ2n) is 5.23. The van der Waals surface area contributed by atoms with Crippen molar-refractivity contribution in [2.75, 3.05) is 18.1 Å². The Labute approximate surface area is 140 Å². The Morgan fingerprint density at radius 2 is 1.92 bits per heavy atom. The zero-order valence-electron chi connectivity index (χ0n) is 13.4. The number of carbonyl (C=O) groups is 2. The summed E-state index contributed by atoms with van der Waals surface area (Å²) < 4.78 is 5.03. The van der Waals surface area contributed by atoms with Crippen molar-refractivity contribution in [3.8, 4) is 5.75 Å². The summed E-state index contributed by atoms with van der Waals surface area (Å²) in [6.45, 7) is 5.31. The minimum atomic E-state index is -0.743. The van der Waals surface area contributed by atoms with Gasteiger partial charge in [-0.15, -0.1) is 6.58 Å². The van der Waals surface area contributed by atoms with Crippen molar-refractivity contribution in [2.24, 2.45) is 0 Å². The summed E-state index contributed by atoms with van der Waals surface area (Å²) in [6.07, 6.45) is 1.60. The van der Waals surface area contributed by atoms with Crippen LogP contribution in [0.2, 0.25) is 0 Å². The number of phenolic OH excluding ortho intramolecular Hbond substituents is 1. The molecule has 24 heavy (non-hydrogen) atoms. The summed E-state index contributed by atoms with van der Waals surface area (Å²) in [7, 11) is 0. The predicted molar refractivity (Wildman–Crippen MR) is 92.1 cm³/mol. The first-order valence-electron chi connectivity index (χ1n) is 7.46. The number of phenols is 1. The van der Waals surface area contributed by atoms with Crippen LogP contribution in [0.3, 0.4) is 0 Å². The Hall–Kier alpha value is -3.08. The Balaban J connectivity index is 2.05. The Kier molecular flexibility index (Phi) is 5.73. The maximum atomic E-state index is 12.3. The van der Waals surface area contributed by atoms with Crippen molar-refractivity contribution >= 4 is 17.6 Å². The summed E-state index contributed by atoms with van der Waals surface area (Å²) in [5.74, 6) is -1.29. The van der Waals surface area contributed by atoms with Gasteiger partial charge in [-0.05, 0) is 36.8 Å². The average molecular weight is 325 g/mol. The van der Waals surface area contributed by atoms with E-state index >= 15 is 0 Å². The molecule has 1 amide bonds. The van der Waals surface area contributed by atoms with Crippen molar-refractivity contribution in [2.45, 2.75) is 6.92 Å². The SMILES string of the molecule is C=CCN(C(=O)COC(=O)c1ccc(C)cc1O)c1ccccc1. The van der Waals surface area contributed by atoms with E-state index in [0.717, 1.165) is 5.56 Å². The first-order chi connectivity index (χ1) is 11.5. The van der Waals surface area contributed by atoms with Gasteiger partial charge in [0.1, 0.15) is 11.3 Å². The topological polar surface area (TPSA) is 66.8 Å². The monoisotopic (exact) mass is 325 g/mol. The van der Waals surface area contributed by atoms with Gasteiger partial charge >= 0.3 is 5.97 Å². The molecule has 2 rings (SSSR count). The molecule has 0 bridgehead atoms. The lowest BCUT2D eigenvalue weighted by Crippen LogP contribution is -2.34. The lowest BCUT2D eigenvalue weighted by molar-refractivity contribution is -0.121. The molecule has 124 valence electrons. The molecule has 1 N–H and O–H groups in total. The van der Waals surface area contributed by atoms with Crippen molar-refractivity contribution in [1.82, 2.24) is 0 Å². The van der Waals surface area contributed by atoms with Gasteiger partial charge in [0.15, 0.2) is 6.61 Å². The number of hydrogen-bond acceptors (Lipinski definition) is 4. The highest BCUT2D eigenvalue weighted by Crippen LogP contribution is 2.19. The number of hydrogen-bond donors (Lipinski definition) is 1. The molecule has 0 aliphatic carbocycles. The van der Waals surface area contributed by atoms with Crippen molar-refractivity contribution in [3.63, 3.8) is 0 Å². The van der Waals surface area contributed by atoms with E-state index < -0.39 is 12.6 Å². The van der Waals surface area contributed by atoms with Crippen LogP contribution < -0.4 is 4.90 Å². The maximum absolute atomic E-state index is 12.3. The average Bonchev–Trinajstić information content (AvgIpc) is 2.58. The molecule has 2 aromatic carbocycles. The van der Waals surface area contributed by atoms with E-state index in [1.165, 1.54) is 17.0 Å². The van der Waals surface area contributed by atoms with Crippen LogP contribution in [0.4, 0.5) is 5.69 Å². The number of amides is 1. The van der Waals surface area contributed by atoms with Gasteiger partial charge in [0.25, 0.3) is 5.91 Å². The molecule has 0 unspecified atom stereocenters. The highest BCUT2D eigenvalue weighted by atomic mass is 16.5. The quantitative estimate of drug-likeness (QED) is 0.655. The minimum absolute atomic E-state index is 0.0309. The first-order valence-corrected chi connectivity index (χ1v) is 7.46. The summed E-state index contributed by atoms with van der Waals surface area (Å²) >= 11 is 0. The number of ether oxygens (including phenoxy) is 1. The summed E-state index contributed by atoms with van der Waals surface area (Å²) in [6, 6.07) is 13.7. The number of aromatic hydroxyl groups is 1. The van der Waals surface area contributed by atoms with E-state index in [1.807, 2.05) is 18.2 Å². The van der Waals surface area contributed by atoms with Crippen LogP contribution in [0.25, 0.3) is 0 Å². The minimum Gasteiger partial charge on any atom is -0.507 e. The third-order valence-corrected chi connectivity index (χ3v) is 3.38. The molecule has 0 spiro atoms. The molecular formula is C19H19NO4. The number of aryl methyl sites for hydroxylation is 1. The van der Waals surface area contributed by atoms with E-state index in [1.54, 1.807) is 31.2 Å². The number of rotatable bonds is 6. The smallest absolute Gasteiger partial charge is 0.342 e. The van der Waals surface area contributed by atoms with Crippen LogP contribution in [0.5, 0.6) is 5.75 Å². The van der Waals surface area contributed by atoms with E-state index in [-0.39, 0.29) is 17.2 Å². The number of nitrogens with zero attached hydrogens (tertiary/aromatic N) is 1. The second-order valence-corrected chi connectivity index (χ2v) is 5.23. The number of para-hydroxylation sites is 1. The maximum Gasteiger partial charge on any atom is 0.342 e. The van der Waals surface area contributed by atoms with Gasteiger partial charge in [-0.1, -0.05) is 30.3 Å². The van der Waals surface area contributed by atoms with Gasteiger partial charge in [-0.25, -0.2) is 4.79 Å². The highest BCUT2D eigenvalue weighted by Gasteiger charge is 2.18. The Morgan fingerprint density at radius 3 is 2.54 bits per heavy atom. The van der Waals surface area contributed by atoms with Crippen LogP contribution in [-0.4, -0.2) is 30.1 Å². The van der Waals surface area contributed by atoms with E-state index in [9.17, 15) is 14.7 Å². The van der Waals surface area contributed by atoms with Crippen LogP contribution in [-0.2, 0) is 9.53 Å². The standard InChI is InChI=1S/C19H19NO4/c1-3-11-20(15-7-5-4-6-8-15)18(22)13-24-19(23)16-10-9-14(2)12-17(16)21/h3-10,12,21H,1,11,13H2,2H3. The van der Waals surface area contributed by atoms with Crippen LogP contribution in [0.1, 0.15) is 15.9 Å². The van der Waals surface area contributed by atoms with E-state index in [4.69, 9.17) is 4.74 Å². The van der Waals surface area contributed by atoms with E-state index in [2.05, 4.69) is 6.58 Å². The molecule has 0 aliphatic heterocycles. The molecule has 0 aliphatic rings. The summed E-state index contributed by atoms with van der Waals surface area (Å²) in [4.78, 5) is 25.8. The highest BCUT2D eigenvalue weighted by molar-refractivity contribution is 5.98. The van der Waals surface area contributed by atoms with Gasteiger partial charge in [0.2, 0.25) is 0 Å². The molecule has 0 saturated carbocycles. The van der Waals surface area contributed by atoms with Gasteiger partial charge in [-0.3, -0.25) is 4.79 Å². The first kappa shape index (κ1) is 17.3. The largest absolute Gasteiger partial charge is 0.507 e. The van der Waals surface area contributed by atoms with Gasteiger partial charge in [-0.2, -0.15) is 0 Å². The van der Waals surface area contributed by atoms with Gasteiger partial charge < -0.3 is 14.7 Å². The van der Waals surface area contributed by atoms with Crippen molar-refractivity contribution in [1.29, 1.82) is 0 Å². The van der Waals surface area contributed by atoms with Crippen LogP contribution in [0.15, 0.2) is 61.2 Å². The fourth-order valence-corrected chi connectivity index (χ4v) is 2.19. The zero-order valence-corrected chi connectivity index (χ0v) is 13.4. The third kappa shape index (κ3) is 4.23. The molecule has 5 nitrogen and oxygen atoms in total. The fraction of sp³-hybridized carbons (Fsp3) is 0.158. The summed E-state index contributed by atoms with van der Waals surface area (Å²) in [5, 5.41) is 9.79. The zero-order chi connectivity index (χ0) is 17.5. The molecule has 5 heteroatoms. The lowest BCUT2D eigenvalue weighted by Gasteiger charge is -2.21. The fourth-order valence-electron chi connectivity index (χ4n) is 2.19. The molecule has 0 radical (unpaired) electrons.